The van der Waals surface area contributed by atoms with E-state index < -0.39 is 6.04 Å². The molecule has 0 bridgehead atoms. The van der Waals surface area contributed by atoms with Crippen LogP contribution in [0.1, 0.15) is 31.9 Å². The van der Waals surface area contributed by atoms with Gasteiger partial charge in [-0.3, -0.25) is 9.59 Å². The number of hydrogen-bond donors (Lipinski definition) is 3. The lowest BCUT2D eigenvalue weighted by atomic mass is 9.97. The van der Waals surface area contributed by atoms with Crippen molar-refractivity contribution in [1.29, 1.82) is 0 Å². The molecule has 0 aliphatic carbocycles. The smallest absolute Gasteiger partial charge is 0.242 e. The first kappa shape index (κ1) is 17.0. The van der Waals surface area contributed by atoms with Crippen molar-refractivity contribution in [1.82, 2.24) is 10.6 Å². The summed E-state index contributed by atoms with van der Waals surface area (Å²) in [5.74, 6) is -0.347. The van der Waals surface area contributed by atoms with Crippen molar-refractivity contribution in [2.45, 2.75) is 39.7 Å². The lowest BCUT2D eigenvalue weighted by molar-refractivity contribution is -0.130. The molecule has 0 radical (unpaired) electrons. The Labute approximate surface area is 125 Å². The van der Waals surface area contributed by atoms with Crippen LogP contribution in [0.2, 0.25) is 0 Å². The van der Waals surface area contributed by atoms with Crippen molar-refractivity contribution >= 4 is 11.8 Å². The van der Waals surface area contributed by atoms with Gasteiger partial charge in [0, 0.05) is 19.4 Å². The summed E-state index contributed by atoms with van der Waals surface area (Å²) >= 11 is 0. The Morgan fingerprint density at radius 2 is 1.86 bits per heavy atom. The van der Waals surface area contributed by atoms with Gasteiger partial charge in [0.05, 0.1) is 0 Å². The largest absolute Gasteiger partial charge is 0.508 e. The summed E-state index contributed by atoms with van der Waals surface area (Å²) in [5, 5.41) is 14.9. The SMILES string of the molecule is CCc1cc(O)ccc1C[C@H](NC(=O)C(C)C)C(=O)NC. The third kappa shape index (κ3) is 4.77. The van der Waals surface area contributed by atoms with E-state index in [9.17, 15) is 14.7 Å². The monoisotopic (exact) mass is 292 g/mol. The van der Waals surface area contributed by atoms with E-state index in [-0.39, 0.29) is 23.5 Å². The fourth-order valence-corrected chi connectivity index (χ4v) is 2.08. The quantitative estimate of drug-likeness (QED) is 0.741. The molecular weight excluding hydrogens is 268 g/mol. The molecule has 21 heavy (non-hydrogen) atoms. The van der Waals surface area contributed by atoms with Crippen molar-refractivity contribution in [3.8, 4) is 5.75 Å². The van der Waals surface area contributed by atoms with E-state index in [1.807, 2.05) is 6.92 Å². The molecule has 3 N–H and O–H groups in total. The van der Waals surface area contributed by atoms with E-state index in [1.54, 1.807) is 39.1 Å². The van der Waals surface area contributed by atoms with Crippen LogP contribution in [0.25, 0.3) is 0 Å². The predicted molar refractivity (Wildman–Crippen MR) is 82.0 cm³/mol. The minimum absolute atomic E-state index is 0.152. The highest BCUT2D eigenvalue weighted by atomic mass is 16.3. The molecule has 0 aromatic heterocycles. The van der Waals surface area contributed by atoms with Crippen molar-refractivity contribution in [2.75, 3.05) is 7.05 Å². The van der Waals surface area contributed by atoms with Gasteiger partial charge in [0.25, 0.3) is 0 Å². The number of phenolic OH excluding ortho intramolecular Hbond substituents is 1. The molecule has 1 aromatic rings. The Morgan fingerprint density at radius 3 is 2.38 bits per heavy atom. The lowest BCUT2D eigenvalue weighted by Crippen LogP contribution is -2.48. The molecule has 1 atom stereocenters. The standard InChI is InChI=1S/C16H24N2O3/c1-5-11-8-13(19)7-6-12(11)9-14(16(21)17-4)18-15(20)10(2)3/h6-8,10,14,19H,5,9H2,1-4H3,(H,17,21)(H,18,20)/t14-/m0/s1. The third-order valence-electron chi connectivity index (χ3n) is 3.40. The Hall–Kier alpha value is -2.04. The molecule has 0 spiro atoms. The molecule has 0 aliphatic rings. The van der Waals surface area contributed by atoms with E-state index in [1.165, 1.54) is 0 Å². The molecule has 0 unspecified atom stereocenters. The van der Waals surface area contributed by atoms with Crippen LogP contribution in [0.4, 0.5) is 0 Å². The summed E-state index contributed by atoms with van der Waals surface area (Å²) < 4.78 is 0. The number of aromatic hydroxyl groups is 1. The number of benzene rings is 1. The minimum Gasteiger partial charge on any atom is -0.508 e. The summed E-state index contributed by atoms with van der Waals surface area (Å²) in [6.07, 6.45) is 1.16. The van der Waals surface area contributed by atoms with Gasteiger partial charge in [-0.05, 0) is 29.7 Å². The fourth-order valence-electron chi connectivity index (χ4n) is 2.08. The molecule has 5 heteroatoms. The predicted octanol–water partition coefficient (Wildman–Crippen LogP) is 1.38. The summed E-state index contributed by atoms with van der Waals surface area (Å²) in [7, 11) is 1.55. The minimum atomic E-state index is -0.611. The number of aryl methyl sites for hydroxylation is 1. The number of carbonyl (C=O) groups is 2. The van der Waals surface area contributed by atoms with Gasteiger partial charge in [0.1, 0.15) is 11.8 Å². The van der Waals surface area contributed by atoms with Gasteiger partial charge in [-0.2, -0.15) is 0 Å². The summed E-state index contributed by atoms with van der Waals surface area (Å²) in [6.45, 7) is 5.56. The van der Waals surface area contributed by atoms with Gasteiger partial charge >= 0.3 is 0 Å². The Bertz CT molecular complexity index is 512. The van der Waals surface area contributed by atoms with Crippen LogP contribution in [0, 0.1) is 5.92 Å². The third-order valence-corrected chi connectivity index (χ3v) is 3.40. The molecular formula is C16H24N2O3. The fraction of sp³-hybridized carbons (Fsp3) is 0.500. The topological polar surface area (TPSA) is 78.4 Å². The molecule has 2 amide bonds. The highest BCUT2D eigenvalue weighted by Gasteiger charge is 2.22. The maximum absolute atomic E-state index is 12.0. The summed E-state index contributed by atoms with van der Waals surface area (Å²) in [4.78, 5) is 23.8. The molecule has 0 saturated carbocycles. The normalized spacial score (nSPS) is 12.0. The first-order valence-electron chi connectivity index (χ1n) is 7.21. The summed E-state index contributed by atoms with van der Waals surface area (Å²) in [5.41, 5.74) is 1.93. The van der Waals surface area contributed by atoms with Gasteiger partial charge in [-0.1, -0.05) is 26.8 Å². The number of phenols is 1. The van der Waals surface area contributed by atoms with Crippen LogP contribution < -0.4 is 10.6 Å². The zero-order valence-corrected chi connectivity index (χ0v) is 13.1. The molecule has 1 rings (SSSR count). The van der Waals surface area contributed by atoms with Crippen molar-refractivity contribution in [3.63, 3.8) is 0 Å². The average Bonchev–Trinajstić information content (AvgIpc) is 2.46. The Balaban J connectivity index is 2.96. The van der Waals surface area contributed by atoms with Crippen molar-refractivity contribution in [2.24, 2.45) is 5.92 Å². The van der Waals surface area contributed by atoms with Crippen LogP contribution in [0.15, 0.2) is 18.2 Å². The molecule has 0 saturated heterocycles. The second-order valence-electron chi connectivity index (χ2n) is 5.34. The number of likely N-dealkylation sites (N-methyl/N-ethyl adjacent to an activating group) is 1. The Morgan fingerprint density at radius 1 is 1.19 bits per heavy atom. The van der Waals surface area contributed by atoms with Crippen molar-refractivity contribution < 1.29 is 14.7 Å². The average molecular weight is 292 g/mol. The molecule has 0 aliphatic heterocycles. The number of nitrogens with one attached hydrogen (secondary N) is 2. The number of rotatable bonds is 6. The molecule has 5 nitrogen and oxygen atoms in total. The zero-order valence-electron chi connectivity index (χ0n) is 13.1. The van der Waals surface area contributed by atoms with E-state index in [0.717, 1.165) is 17.5 Å². The first-order valence-corrected chi connectivity index (χ1v) is 7.21. The van der Waals surface area contributed by atoms with Crippen LogP contribution in [0.5, 0.6) is 5.75 Å². The number of hydrogen-bond acceptors (Lipinski definition) is 3. The van der Waals surface area contributed by atoms with E-state index in [0.29, 0.717) is 6.42 Å². The van der Waals surface area contributed by atoms with E-state index in [4.69, 9.17) is 0 Å². The van der Waals surface area contributed by atoms with Crippen LogP contribution in [-0.2, 0) is 22.4 Å². The van der Waals surface area contributed by atoms with Gasteiger partial charge in [-0.15, -0.1) is 0 Å². The van der Waals surface area contributed by atoms with E-state index >= 15 is 0 Å². The van der Waals surface area contributed by atoms with Gasteiger partial charge in [0.2, 0.25) is 11.8 Å². The van der Waals surface area contributed by atoms with Crippen molar-refractivity contribution in [3.05, 3.63) is 29.3 Å². The van der Waals surface area contributed by atoms with Crippen LogP contribution >= 0.6 is 0 Å². The molecule has 1 aromatic carbocycles. The van der Waals surface area contributed by atoms with E-state index in [2.05, 4.69) is 10.6 Å². The van der Waals surface area contributed by atoms with Gasteiger partial charge in [-0.25, -0.2) is 0 Å². The highest BCUT2D eigenvalue weighted by molar-refractivity contribution is 5.88. The zero-order chi connectivity index (χ0) is 16.0. The summed E-state index contributed by atoms with van der Waals surface area (Å²) in [6, 6.07) is 4.48. The lowest BCUT2D eigenvalue weighted by Gasteiger charge is -2.20. The van der Waals surface area contributed by atoms with Gasteiger partial charge < -0.3 is 15.7 Å². The second kappa shape index (κ2) is 7.67. The maximum atomic E-state index is 12.0. The number of amides is 2. The Kier molecular flexibility index (Phi) is 6.21. The first-order chi connectivity index (χ1) is 9.88. The second-order valence-corrected chi connectivity index (χ2v) is 5.34. The number of carbonyl (C=O) groups excluding carboxylic acids is 2. The molecule has 0 heterocycles. The molecule has 116 valence electrons. The van der Waals surface area contributed by atoms with Crippen LogP contribution in [-0.4, -0.2) is 30.0 Å². The maximum Gasteiger partial charge on any atom is 0.242 e. The highest BCUT2D eigenvalue weighted by Crippen LogP contribution is 2.19. The van der Waals surface area contributed by atoms with Crippen LogP contribution in [0.3, 0.4) is 0 Å². The van der Waals surface area contributed by atoms with Gasteiger partial charge in [0.15, 0.2) is 0 Å². The molecule has 0 fully saturated rings.